The van der Waals surface area contributed by atoms with Gasteiger partial charge in [-0.1, -0.05) is 0 Å². The Morgan fingerprint density at radius 1 is 1.06 bits per heavy atom. The molecule has 0 aliphatic rings. The summed E-state index contributed by atoms with van der Waals surface area (Å²) in [7, 11) is 3.68. The van der Waals surface area contributed by atoms with Gasteiger partial charge in [0.2, 0.25) is 0 Å². The molecular formula is C15H13NO2. The highest BCUT2D eigenvalue weighted by Gasteiger charge is 2.09. The van der Waals surface area contributed by atoms with Gasteiger partial charge in [0, 0.05) is 34.4 Å². The van der Waals surface area contributed by atoms with Crippen molar-refractivity contribution in [2.45, 2.75) is 0 Å². The number of nitrogens with zero attached hydrogens (tertiary/aromatic N) is 1. The van der Waals surface area contributed by atoms with Gasteiger partial charge in [0.05, 0.1) is 7.11 Å². The lowest BCUT2D eigenvalue weighted by molar-refractivity contribution is 0.112. The van der Waals surface area contributed by atoms with Gasteiger partial charge in [-0.3, -0.25) is 4.79 Å². The minimum absolute atomic E-state index is 0.692. The summed E-state index contributed by atoms with van der Waals surface area (Å²) in [5, 5.41) is 2.19. The summed E-state index contributed by atoms with van der Waals surface area (Å²) in [6.45, 7) is 0. The van der Waals surface area contributed by atoms with E-state index in [1.54, 1.807) is 7.11 Å². The third-order valence-corrected chi connectivity index (χ3v) is 3.37. The molecule has 90 valence electrons. The molecule has 3 aromatic rings. The Morgan fingerprint density at radius 2 is 1.72 bits per heavy atom. The van der Waals surface area contributed by atoms with Crippen LogP contribution in [-0.2, 0) is 7.05 Å². The molecule has 0 aliphatic carbocycles. The Kier molecular flexibility index (Phi) is 2.33. The van der Waals surface area contributed by atoms with Gasteiger partial charge < -0.3 is 9.30 Å². The van der Waals surface area contributed by atoms with Crippen molar-refractivity contribution in [1.82, 2.24) is 4.57 Å². The fourth-order valence-corrected chi connectivity index (χ4v) is 2.42. The van der Waals surface area contributed by atoms with Crippen LogP contribution in [0.1, 0.15) is 10.4 Å². The molecule has 0 saturated heterocycles. The van der Waals surface area contributed by atoms with Crippen molar-refractivity contribution >= 4 is 28.1 Å². The van der Waals surface area contributed by atoms with E-state index >= 15 is 0 Å². The number of hydrogen-bond donors (Lipinski definition) is 0. The van der Waals surface area contributed by atoms with Gasteiger partial charge in [0.25, 0.3) is 0 Å². The molecule has 3 heteroatoms. The van der Waals surface area contributed by atoms with Crippen molar-refractivity contribution in [2.75, 3.05) is 7.11 Å². The van der Waals surface area contributed by atoms with Crippen LogP contribution in [-0.4, -0.2) is 18.0 Å². The van der Waals surface area contributed by atoms with Crippen molar-refractivity contribution < 1.29 is 9.53 Å². The number of carbonyl (C=O) groups excluding carboxylic acids is 1. The monoisotopic (exact) mass is 239 g/mol. The van der Waals surface area contributed by atoms with Crippen molar-refractivity contribution in [2.24, 2.45) is 7.05 Å². The number of ether oxygens (including phenoxy) is 1. The van der Waals surface area contributed by atoms with E-state index in [0.717, 1.165) is 33.8 Å². The molecule has 1 aromatic heterocycles. The Hall–Kier alpha value is -2.29. The van der Waals surface area contributed by atoms with Gasteiger partial charge in [-0.15, -0.1) is 0 Å². The Morgan fingerprint density at radius 3 is 2.39 bits per heavy atom. The maximum Gasteiger partial charge on any atom is 0.150 e. The zero-order valence-corrected chi connectivity index (χ0v) is 10.3. The number of hydrogen-bond acceptors (Lipinski definition) is 2. The van der Waals surface area contributed by atoms with Crippen molar-refractivity contribution in [1.29, 1.82) is 0 Å². The maximum absolute atomic E-state index is 10.9. The third-order valence-electron chi connectivity index (χ3n) is 3.37. The first-order chi connectivity index (χ1) is 8.74. The molecule has 1 heterocycles. The summed E-state index contributed by atoms with van der Waals surface area (Å²) in [6.07, 6.45) is 0.873. The molecule has 18 heavy (non-hydrogen) atoms. The Bertz CT molecular complexity index is 756. The van der Waals surface area contributed by atoms with Crippen molar-refractivity contribution in [3.8, 4) is 5.75 Å². The minimum atomic E-state index is 0.692. The molecule has 3 nitrogen and oxygen atoms in total. The first-order valence-corrected chi connectivity index (χ1v) is 5.76. The largest absolute Gasteiger partial charge is 0.497 e. The summed E-state index contributed by atoms with van der Waals surface area (Å²) < 4.78 is 7.38. The second-order valence-corrected chi connectivity index (χ2v) is 4.34. The summed E-state index contributed by atoms with van der Waals surface area (Å²) >= 11 is 0. The summed E-state index contributed by atoms with van der Waals surface area (Å²) in [4.78, 5) is 10.9. The molecular weight excluding hydrogens is 226 g/mol. The number of benzene rings is 2. The predicted octanol–water partition coefficient (Wildman–Crippen LogP) is 3.15. The second kappa shape index (κ2) is 3.88. The van der Waals surface area contributed by atoms with Crippen LogP contribution >= 0.6 is 0 Å². The first kappa shape index (κ1) is 10.8. The van der Waals surface area contributed by atoms with Gasteiger partial charge >= 0.3 is 0 Å². The zero-order valence-electron chi connectivity index (χ0n) is 10.3. The number of methoxy groups -OCH3 is 1. The lowest BCUT2D eigenvalue weighted by Crippen LogP contribution is -1.87. The van der Waals surface area contributed by atoms with Crippen molar-refractivity contribution in [3.05, 3.63) is 42.0 Å². The molecule has 0 fully saturated rings. The van der Waals surface area contributed by atoms with E-state index in [1.165, 1.54) is 0 Å². The van der Waals surface area contributed by atoms with Gasteiger partial charge in [-0.05, 0) is 36.4 Å². The smallest absolute Gasteiger partial charge is 0.150 e. The van der Waals surface area contributed by atoms with E-state index in [2.05, 4.69) is 4.57 Å². The highest BCUT2D eigenvalue weighted by Crippen LogP contribution is 2.31. The quantitative estimate of drug-likeness (QED) is 0.643. The van der Waals surface area contributed by atoms with Crippen LogP contribution in [0.3, 0.4) is 0 Å². The predicted molar refractivity (Wildman–Crippen MR) is 72.4 cm³/mol. The molecule has 0 saturated carbocycles. The molecule has 0 spiro atoms. The van der Waals surface area contributed by atoms with E-state index in [-0.39, 0.29) is 0 Å². The van der Waals surface area contributed by atoms with Gasteiger partial charge in [-0.25, -0.2) is 0 Å². The SMILES string of the molecule is COc1ccc2c(c1)c1cc(C=O)ccc1n2C. The number of fused-ring (bicyclic) bond motifs is 3. The summed E-state index contributed by atoms with van der Waals surface area (Å²) in [5.74, 6) is 0.825. The number of carbonyl (C=O) groups is 1. The third kappa shape index (κ3) is 1.40. The highest BCUT2D eigenvalue weighted by molar-refractivity contribution is 6.09. The van der Waals surface area contributed by atoms with Crippen LogP contribution in [0.4, 0.5) is 0 Å². The van der Waals surface area contributed by atoms with Crippen LogP contribution < -0.4 is 4.74 Å². The molecule has 0 N–H and O–H groups in total. The second-order valence-electron chi connectivity index (χ2n) is 4.34. The van der Waals surface area contributed by atoms with Crippen molar-refractivity contribution in [3.63, 3.8) is 0 Å². The molecule has 0 radical (unpaired) electrons. The van der Waals surface area contributed by atoms with E-state index in [9.17, 15) is 4.79 Å². The Balaban J connectivity index is 2.48. The van der Waals surface area contributed by atoms with E-state index < -0.39 is 0 Å². The molecule has 0 amide bonds. The van der Waals surface area contributed by atoms with Crippen LogP contribution in [0, 0.1) is 0 Å². The van der Waals surface area contributed by atoms with E-state index in [0.29, 0.717) is 5.56 Å². The summed E-state index contributed by atoms with van der Waals surface area (Å²) in [5.41, 5.74) is 2.94. The number of aryl methyl sites for hydroxylation is 1. The molecule has 0 unspecified atom stereocenters. The average molecular weight is 239 g/mol. The van der Waals surface area contributed by atoms with Crippen LogP contribution in [0.25, 0.3) is 21.8 Å². The zero-order chi connectivity index (χ0) is 12.7. The molecule has 2 aromatic carbocycles. The standard InChI is InChI=1S/C15H13NO2/c1-16-14-5-3-10(9-17)7-12(14)13-8-11(18-2)4-6-15(13)16/h3-9H,1-2H3. The fraction of sp³-hybridized carbons (Fsp3) is 0.133. The van der Waals surface area contributed by atoms with Crippen LogP contribution in [0.5, 0.6) is 5.75 Å². The first-order valence-electron chi connectivity index (χ1n) is 5.76. The Labute approximate surface area is 105 Å². The summed E-state index contributed by atoms with van der Waals surface area (Å²) in [6, 6.07) is 11.7. The van der Waals surface area contributed by atoms with E-state index in [4.69, 9.17) is 4.74 Å². The number of rotatable bonds is 2. The number of aldehydes is 1. The lowest BCUT2D eigenvalue weighted by atomic mass is 10.1. The van der Waals surface area contributed by atoms with Gasteiger partial charge in [0.15, 0.2) is 0 Å². The highest BCUT2D eigenvalue weighted by atomic mass is 16.5. The fourth-order valence-electron chi connectivity index (χ4n) is 2.42. The number of aromatic nitrogens is 1. The lowest BCUT2D eigenvalue weighted by Gasteiger charge is -2.00. The molecule has 0 atom stereocenters. The van der Waals surface area contributed by atoms with E-state index in [1.807, 2.05) is 43.4 Å². The van der Waals surface area contributed by atoms with Crippen LogP contribution in [0.15, 0.2) is 36.4 Å². The maximum atomic E-state index is 10.9. The molecule has 3 rings (SSSR count). The molecule has 0 aliphatic heterocycles. The normalized spacial score (nSPS) is 11.0. The minimum Gasteiger partial charge on any atom is -0.497 e. The van der Waals surface area contributed by atoms with Crippen LogP contribution in [0.2, 0.25) is 0 Å². The van der Waals surface area contributed by atoms with Gasteiger partial charge in [-0.2, -0.15) is 0 Å². The average Bonchev–Trinajstić information content (AvgIpc) is 2.71. The molecule has 0 bridgehead atoms. The topological polar surface area (TPSA) is 31.2 Å². The van der Waals surface area contributed by atoms with Gasteiger partial charge in [0.1, 0.15) is 12.0 Å².